The minimum absolute atomic E-state index is 0.00833. The van der Waals surface area contributed by atoms with Crippen LogP contribution in [0.5, 0.6) is 0 Å². The molecule has 0 bridgehead atoms. The van der Waals surface area contributed by atoms with Crippen LogP contribution in [-0.2, 0) is 4.74 Å². The average molecular weight is 191 g/mol. The van der Waals surface area contributed by atoms with Crippen LogP contribution in [0.4, 0.5) is 4.39 Å². The first-order valence-corrected chi connectivity index (χ1v) is 4.73. The van der Waals surface area contributed by atoms with E-state index in [4.69, 9.17) is 9.84 Å². The van der Waals surface area contributed by atoms with Gasteiger partial charge in [-0.3, -0.25) is 0 Å². The molecule has 0 radical (unpaired) electrons. The summed E-state index contributed by atoms with van der Waals surface area (Å²) in [5.74, 6) is 0. The number of hydrogen-bond donors (Lipinski definition) is 2. The van der Waals surface area contributed by atoms with E-state index in [1.54, 1.807) is 0 Å². The zero-order chi connectivity index (χ0) is 9.73. The van der Waals surface area contributed by atoms with Crippen molar-refractivity contribution in [1.29, 1.82) is 0 Å². The topological polar surface area (TPSA) is 41.5 Å². The molecule has 1 rings (SSSR count). The summed E-state index contributed by atoms with van der Waals surface area (Å²) in [4.78, 5) is 0. The first-order valence-electron chi connectivity index (χ1n) is 4.73. The lowest BCUT2D eigenvalue weighted by Gasteiger charge is -2.35. The molecule has 1 atom stereocenters. The zero-order valence-corrected chi connectivity index (χ0v) is 8.05. The smallest absolute Gasteiger partial charge is 0.117 e. The predicted octanol–water partition coefficient (Wildman–Crippen LogP) is 0.475. The number of alkyl halides is 1. The first kappa shape index (κ1) is 10.9. The van der Waals surface area contributed by atoms with Crippen LogP contribution >= 0.6 is 0 Å². The lowest BCUT2D eigenvalue weighted by Crippen LogP contribution is -2.49. The van der Waals surface area contributed by atoms with E-state index in [0.29, 0.717) is 6.54 Å². The molecule has 78 valence electrons. The molecule has 1 aliphatic heterocycles. The maximum absolute atomic E-state index is 12.0. The van der Waals surface area contributed by atoms with Crippen molar-refractivity contribution in [2.75, 3.05) is 26.4 Å². The SMILES string of the molecule is CC1(NCC(O)CF)CCOCC1. The summed E-state index contributed by atoms with van der Waals surface area (Å²) < 4.78 is 17.2. The molecule has 1 fully saturated rings. The van der Waals surface area contributed by atoms with Gasteiger partial charge in [-0.1, -0.05) is 0 Å². The van der Waals surface area contributed by atoms with Gasteiger partial charge in [0.05, 0.1) is 6.10 Å². The van der Waals surface area contributed by atoms with Crippen LogP contribution < -0.4 is 5.32 Å². The van der Waals surface area contributed by atoms with E-state index in [1.807, 2.05) is 0 Å². The molecule has 1 heterocycles. The maximum Gasteiger partial charge on any atom is 0.117 e. The largest absolute Gasteiger partial charge is 0.389 e. The van der Waals surface area contributed by atoms with E-state index in [2.05, 4.69) is 12.2 Å². The number of β-amino-alcohol motifs (C(OH)–C–C–N with tert-alkyl or cyclic N) is 1. The maximum atomic E-state index is 12.0. The fourth-order valence-corrected chi connectivity index (χ4v) is 1.42. The summed E-state index contributed by atoms with van der Waals surface area (Å²) in [6, 6.07) is 0. The van der Waals surface area contributed by atoms with E-state index in [9.17, 15) is 4.39 Å². The molecule has 0 spiro atoms. The number of aliphatic hydroxyl groups is 1. The quantitative estimate of drug-likeness (QED) is 0.679. The van der Waals surface area contributed by atoms with Crippen LogP contribution in [-0.4, -0.2) is 43.2 Å². The highest BCUT2D eigenvalue weighted by atomic mass is 19.1. The molecule has 0 aromatic carbocycles. The third-order valence-corrected chi connectivity index (χ3v) is 2.54. The first-order chi connectivity index (χ1) is 6.16. The molecule has 1 unspecified atom stereocenters. The lowest BCUT2D eigenvalue weighted by atomic mass is 9.92. The van der Waals surface area contributed by atoms with Gasteiger partial charge in [-0.2, -0.15) is 0 Å². The van der Waals surface area contributed by atoms with Crippen molar-refractivity contribution in [2.45, 2.75) is 31.4 Å². The van der Waals surface area contributed by atoms with Gasteiger partial charge < -0.3 is 15.2 Å². The van der Waals surface area contributed by atoms with Gasteiger partial charge in [0.25, 0.3) is 0 Å². The molecule has 1 saturated heterocycles. The summed E-state index contributed by atoms with van der Waals surface area (Å²) in [5, 5.41) is 12.2. The van der Waals surface area contributed by atoms with Crippen LogP contribution in [0.15, 0.2) is 0 Å². The minimum Gasteiger partial charge on any atom is -0.389 e. The summed E-state index contributed by atoms with van der Waals surface area (Å²) in [6.45, 7) is 3.22. The van der Waals surface area contributed by atoms with Gasteiger partial charge in [0.1, 0.15) is 6.67 Å². The Kier molecular flexibility index (Phi) is 4.09. The van der Waals surface area contributed by atoms with Crippen molar-refractivity contribution in [3.8, 4) is 0 Å². The standard InChI is InChI=1S/C9H18FNO2/c1-9(2-4-13-5-3-9)11-7-8(12)6-10/h8,11-12H,2-7H2,1H3. The Morgan fingerprint density at radius 2 is 2.15 bits per heavy atom. The van der Waals surface area contributed by atoms with Gasteiger partial charge in [-0.15, -0.1) is 0 Å². The van der Waals surface area contributed by atoms with Gasteiger partial charge >= 0.3 is 0 Å². The fourth-order valence-electron chi connectivity index (χ4n) is 1.42. The van der Waals surface area contributed by atoms with Gasteiger partial charge in [-0.05, 0) is 19.8 Å². The molecule has 0 saturated carbocycles. The number of nitrogens with one attached hydrogen (secondary N) is 1. The highest BCUT2D eigenvalue weighted by Gasteiger charge is 2.26. The van der Waals surface area contributed by atoms with Crippen LogP contribution in [0.1, 0.15) is 19.8 Å². The lowest BCUT2D eigenvalue weighted by molar-refractivity contribution is 0.0370. The Balaban J connectivity index is 2.24. The van der Waals surface area contributed by atoms with Crippen LogP contribution in [0.25, 0.3) is 0 Å². The average Bonchev–Trinajstić information content (AvgIpc) is 2.15. The van der Waals surface area contributed by atoms with E-state index in [0.717, 1.165) is 26.1 Å². The van der Waals surface area contributed by atoms with Gasteiger partial charge in [0.2, 0.25) is 0 Å². The molecule has 3 nitrogen and oxygen atoms in total. The molecule has 4 heteroatoms. The highest BCUT2D eigenvalue weighted by molar-refractivity contribution is 4.85. The zero-order valence-electron chi connectivity index (χ0n) is 8.05. The molecule has 0 amide bonds. The van der Waals surface area contributed by atoms with E-state index < -0.39 is 12.8 Å². The molecule has 0 aromatic rings. The molecule has 2 N–H and O–H groups in total. The van der Waals surface area contributed by atoms with Crippen LogP contribution in [0.3, 0.4) is 0 Å². The summed E-state index contributed by atoms with van der Waals surface area (Å²) in [5.41, 5.74) is 0.00833. The van der Waals surface area contributed by atoms with Crippen molar-refractivity contribution >= 4 is 0 Å². The Morgan fingerprint density at radius 3 is 2.69 bits per heavy atom. The second kappa shape index (κ2) is 4.88. The number of halogens is 1. The second-order valence-electron chi connectivity index (χ2n) is 3.86. The summed E-state index contributed by atoms with van der Waals surface area (Å²) >= 11 is 0. The van der Waals surface area contributed by atoms with Gasteiger partial charge in [-0.25, -0.2) is 4.39 Å². The minimum atomic E-state index is -0.875. The fraction of sp³-hybridized carbons (Fsp3) is 1.00. The third-order valence-electron chi connectivity index (χ3n) is 2.54. The van der Waals surface area contributed by atoms with E-state index in [-0.39, 0.29) is 5.54 Å². The van der Waals surface area contributed by atoms with Crippen LogP contribution in [0.2, 0.25) is 0 Å². The predicted molar refractivity (Wildman–Crippen MR) is 48.4 cm³/mol. The van der Waals surface area contributed by atoms with Gasteiger partial charge in [0, 0.05) is 25.3 Å². The van der Waals surface area contributed by atoms with Crippen molar-refractivity contribution in [3.63, 3.8) is 0 Å². The Bertz CT molecular complexity index is 149. The molecular weight excluding hydrogens is 173 g/mol. The second-order valence-corrected chi connectivity index (χ2v) is 3.86. The normalized spacial score (nSPS) is 24.2. The molecule has 0 aromatic heterocycles. The number of rotatable bonds is 4. The summed E-state index contributed by atoms with van der Waals surface area (Å²) in [6.07, 6.45) is 0.970. The third kappa shape index (κ3) is 3.58. The van der Waals surface area contributed by atoms with E-state index in [1.165, 1.54) is 0 Å². The Hall–Kier alpha value is -0.190. The van der Waals surface area contributed by atoms with Crippen molar-refractivity contribution < 1.29 is 14.2 Å². The van der Waals surface area contributed by atoms with E-state index >= 15 is 0 Å². The Labute approximate surface area is 78.3 Å². The highest BCUT2D eigenvalue weighted by Crippen LogP contribution is 2.19. The monoisotopic (exact) mass is 191 g/mol. The van der Waals surface area contributed by atoms with Gasteiger partial charge in [0.15, 0.2) is 0 Å². The van der Waals surface area contributed by atoms with Crippen molar-refractivity contribution in [2.24, 2.45) is 0 Å². The number of ether oxygens (including phenoxy) is 1. The molecule has 0 aliphatic carbocycles. The van der Waals surface area contributed by atoms with Crippen LogP contribution in [0, 0.1) is 0 Å². The number of hydrogen-bond acceptors (Lipinski definition) is 3. The number of aliphatic hydroxyl groups excluding tert-OH is 1. The molecule has 1 aliphatic rings. The van der Waals surface area contributed by atoms with Crippen molar-refractivity contribution in [3.05, 3.63) is 0 Å². The summed E-state index contributed by atoms with van der Waals surface area (Å²) in [7, 11) is 0. The molecule has 13 heavy (non-hydrogen) atoms. The Morgan fingerprint density at radius 1 is 1.54 bits per heavy atom. The van der Waals surface area contributed by atoms with Crippen molar-refractivity contribution in [1.82, 2.24) is 5.32 Å². The molecular formula is C9H18FNO2.